The Hall–Kier alpha value is -1.62. The van der Waals surface area contributed by atoms with Gasteiger partial charge < -0.3 is 20.1 Å². The largest absolute Gasteiger partial charge is 0.486 e. The van der Waals surface area contributed by atoms with Crippen molar-refractivity contribution in [2.45, 2.75) is 25.8 Å². The van der Waals surface area contributed by atoms with Gasteiger partial charge in [0.15, 0.2) is 11.5 Å². The first-order chi connectivity index (χ1) is 10.2. The zero-order chi connectivity index (χ0) is 14.8. The van der Waals surface area contributed by atoms with Gasteiger partial charge in [0.05, 0.1) is 11.4 Å². The Labute approximate surface area is 126 Å². The van der Waals surface area contributed by atoms with Gasteiger partial charge in [0.2, 0.25) is 0 Å². The molecule has 3 rings (SSSR count). The second-order valence-electron chi connectivity index (χ2n) is 5.86. The zero-order valence-electron chi connectivity index (χ0n) is 13.0. The lowest BCUT2D eigenvalue weighted by molar-refractivity contribution is 0.172. The maximum Gasteiger partial charge on any atom is 0.163 e. The second-order valence-corrected chi connectivity index (χ2v) is 5.86. The molecule has 5 nitrogen and oxygen atoms in total. The lowest BCUT2D eigenvalue weighted by Gasteiger charge is -2.30. The summed E-state index contributed by atoms with van der Waals surface area (Å²) < 4.78 is 11.2. The Morgan fingerprint density at radius 2 is 2.00 bits per heavy atom. The van der Waals surface area contributed by atoms with Gasteiger partial charge in [-0.25, -0.2) is 0 Å². The number of benzene rings is 1. The van der Waals surface area contributed by atoms with Gasteiger partial charge in [-0.15, -0.1) is 0 Å². The molecule has 1 fully saturated rings. The van der Waals surface area contributed by atoms with Gasteiger partial charge in [-0.2, -0.15) is 0 Å². The molecule has 1 saturated heterocycles. The molecule has 5 heteroatoms. The summed E-state index contributed by atoms with van der Waals surface area (Å²) in [5.41, 5.74) is 7.98. The first-order valence-corrected chi connectivity index (χ1v) is 7.83. The molecule has 1 atom stereocenters. The van der Waals surface area contributed by atoms with E-state index in [0.717, 1.165) is 36.0 Å². The maximum atomic E-state index is 6.20. The van der Waals surface area contributed by atoms with Crippen LogP contribution in [0.15, 0.2) is 12.1 Å². The highest BCUT2D eigenvalue weighted by atomic mass is 16.6. The number of nitrogens with zero attached hydrogens (tertiary/aromatic N) is 2. The number of hydrogen-bond acceptors (Lipinski definition) is 5. The number of ether oxygens (including phenoxy) is 2. The van der Waals surface area contributed by atoms with E-state index in [4.69, 9.17) is 15.2 Å². The number of likely N-dealkylation sites (tertiary alicyclic amines) is 1. The standard InChI is InChI=1S/C16H25N3O2/c1-3-19-6-4-5-12(19)11-18(2)14-10-16-15(9-13(14)17)20-7-8-21-16/h9-10,12H,3-8,11,17H2,1-2H3. The molecule has 2 heterocycles. The molecule has 0 spiro atoms. The van der Waals surface area contributed by atoms with Crippen LogP contribution in [0.25, 0.3) is 0 Å². The monoisotopic (exact) mass is 291 g/mol. The van der Waals surface area contributed by atoms with Gasteiger partial charge in [0.1, 0.15) is 13.2 Å². The lowest BCUT2D eigenvalue weighted by Crippen LogP contribution is -2.39. The molecule has 0 aliphatic carbocycles. The van der Waals surface area contributed by atoms with Crippen LogP contribution in [0, 0.1) is 0 Å². The van der Waals surface area contributed by atoms with E-state index in [2.05, 4.69) is 23.8 Å². The highest BCUT2D eigenvalue weighted by molar-refractivity contribution is 5.73. The van der Waals surface area contributed by atoms with Crippen LogP contribution in [-0.4, -0.2) is 50.8 Å². The fourth-order valence-corrected chi connectivity index (χ4v) is 3.36. The summed E-state index contributed by atoms with van der Waals surface area (Å²) in [6.45, 7) is 6.76. The molecule has 21 heavy (non-hydrogen) atoms. The van der Waals surface area contributed by atoms with Crippen LogP contribution in [0.1, 0.15) is 19.8 Å². The van der Waals surface area contributed by atoms with Gasteiger partial charge in [-0.3, -0.25) is 4.90 Å². The molecule has 1 aromatic rings. The summed E-state index contributed by atoms with van der Waals surface area (Å²) >= 11 is 0. The van der Waals surface area contributed by atoms with Crippen molar-refractivity contribution in [3.05, 3.63) is 12.1 Å². The third-order valence-corrected chi connectivity index (χ3v) is 4.49. The second kappa shape index (κ2) is 6.02. The number of fused-ring (bicyclic) bond motifs is 1. The van der Waals surface area contributed by atoms with Crippen LogP contribution in [0.2, 0.25) is 0 Å². The molecule has 2 N–H and O–H groups in total. The van der Waals surface area contributed by atoms with Crippen molar-refractivity contribution < 1.29 is 9.47 Å². The van der Waals surface area contributed by atoms with E-state index in [1.807, 2.05) is 12.1 Å². The van der Waals surface area contributed by atoms with E-state index in [0.29, 0.717) is 19.3 Å². The lowest BCUT2D eigenvalue weighted by atomic mass is 10.1. The van der Waals surface area contributed by atoms with Crippen LogP contribution < -0.4 is 20.1 Å². The number of likely N-dealkylation sites (N-methyl/N-ethyl adjacent to an activating group) is 2. The van der Waals surface area contributed by atoms with Crippen molar-refractivity contribution in [3.8, 4) is 11.5 Å². The molecular formula is C16H25N3O2. The van der Waals surface area contributed by atoms with Gasteiger partial charge >= 0.3 is 0 Å². The minimum absolute atomic E-state index is 0.592. The smallest absolute Gasteiger partial charge is 0.163 e. The van der Waals surface area contributed by atoms with Gasteiger partial charge in [0.25, 0.3) is 0 Å². The van der Waals surface area contributed by atoms with Crippen LogP contribution in [0.5, 0.6) is 11.5 Å². The van der Waals surface area contributed by atoms with Crippen molar-refractivity contribution in [2.24, 2.45) is 0 Å². The summed E-state index contributed by atoms with van der Waals surface area (Å²) in [5.74, 6) is 1.56. The van der Waals surface area contributed by atoms with Gasteiger partial charge in [-0.1, -0.05) is 6.92 Å². The molecule has 116 valence electrons. The SMILES string of the molecule is CCN1CCCC1CN(C)c1cc2c(cc1N)OCCO2. The van der Waals surface area contributed by atoms with E-state index in [1.54, 1.807) is 0 Å². The summed E-state index contributed by atoms with van der Waals surface area (Å²) in [6.07, 6.45) is 2.56. The third-order valence-electron chi connectivity index (χ3n) is 4.49. The van der Waals surface area contributed by atoms with Crippen LogP contribution >= 0.6 is 0 Å². The molecule has 0 aromatic heterocycles. The highest BCUT2D eigenvalue weighted by Crippen LogP contribution is 2.38. The Morgan fingerprint density at radius 3 is 2.71 bits per heavy atom. The van der Waals surface area contributed by atoms with Crippen molar-refractivity contribution in [1.82, 2.24) is 4.90 Å². The van der Waals surface area contributed by atoms with Crippen LogP contribution in [0.4, 0.5) is 11.4 Å². The summed E-state index contributed by atoms with van der Waals surface area (Å²) in [4.78, 5) is 4.79. The Kier molecular flexibility index (Phi) is 4.10. The highest BCUT2D eigenvalue weighted by Gasteiger charge is 2.25. The number of rotatable bonds is 4. The zero-order valence-corrected chi connectivity index (χ0v) is 13.0. The van der Waals surface area contributed by atoms with Crippen molar-refractivity contribution in [1.29, 1.82) is 0 Å². The quantitative estimate of drug-likeness (QED) is 0.860. The van der Waals surface area contributed by atoms with E-state index in [-0.39, 0.29) is 0 Å². The minimum Gasteiger partial charge on any atom is -0.486 e. The van der Waals surface area contributed by atoms with Gasteiger partial charge in [0, 0.05) is 31.8 Å². The first-order valence-electron chi connectivity index (χ1n) is 7.83. The fraction of sp³-hybridized carbons (Fsp3) is 0.625. The number of hydrogen-bond donors (Lipinski definition) is 1. The van der Waals surface area contributed by atoms with E-state index < -0.39 is 0 Å². The van der Waals surface area contributed by atoms with E-state index >= 15 is 0 Å². The predicted molar refractivity (Wildman–Crippen MR) is 85.4 cm³/mol. The summed E-state index contributed by atoms with van der Waals surface area (Å²) in [6, 6.07) is 4.51. The first kappa shape index (κ1) is 14.3. The fourth-order valence-electron chi connectivity index (χ4n) is 3.36. The Balaban J connectivity index is 1.76. The van der Waals surface area contributed by atoms with Gasteiger partial charge in [-0.05, 0) is 25.9 Å². The van der Waals surface area contributed by atoms with Crippen molar-refractivity contribution >= 4 is 11.4 Å². The molecule has 0 amide bonds. The van der Waals surface area contributed by atoms with Crippen molar-refractivity contribution in [3.63, 3.8) is 0 Å². The minimum atomic E-state index is 0.592. The van der Waals surface area contributed by atoms with E-state index in [9.17, 15) is 0 Å². The maximum absolute atomic E-state index is 6.20. The number of anilines is 2. The summed E-state index contributed by atoms with van der Waals surface area (Å²) in [7, 11) is 2.11. The average molecular weight is 291 g/mol. The molecular weight excluding hydrogens is 266 g/mol. The molecule has 0 saturated carbocycles. The normalized spacial score (nSPS) is 21.5. The molecule has 2 aliphatic rings. The number of nitrogen functional groups attached to an aromatic ring is 1. The molecule has 0 bridgehead atoms. The van der Waals surface area contributed by atoms with Crippen LogP contribution in [0.3, 0.4) is 0 Å². The molecule has 2 aliphatic heterocycles. The van der Waals surface area contributed by atoms with Crippen LogP contribution in [-0.2, 0) is 0 Å². The third kappa shape index (κ3) is 2.88. The Morgan fingerprint density at radius 1 is 1.29 bits per heavy atom. The van der Waals surface area contributed by atoms with E-state index in [1.165, 1.54) is 19.4 Å². The Bertz CT molecular complexity index is 507. The molecule has 0 radical (unpaired) electrons. The molecule has 1 unspecified atom stereocenters. The average Bonchev–Trinajstić information content (AvgIpc) is 2.93. The molecule has 1 aromatic carbocycles. The van der Waals surface area contributed by atoms with Crippen molar-refractivity contribution in [2.75, 3.05) is 50.5 Å². The summed E-state index contributed by atoms with van der Waals surface area (Å²) in [5, 5.41) is 0. The number of nitrogens with two attached hydrogens (primary N) is 1. The topological polar surface area (TPSA) is 51.0 Å². The predicted octanol–water partition coefficient (Wildman–Crippen LogP) is 1.96.